The summed E-state index contributed by atoms with van der Waals surface area (Å²) in [6, 6.07) is 8.22. The van der Waals surface area contributed by atoms with E-state index in [-0.39, 0.29) is 5.41 Å². The van der Waals surface area contributed by atoms with Crippen molar-refractivity contribution < 1.29 is 13.2 Å². The number of hydrogen-bond acceptors (Lipinski definition) is 3. The molecule has 98 valence electrons. The van der Waals surface area contributed by atoms with Crippen molar-refractivity contribution in [3.8, 4) is 5.75 Å². The summed E-state index contributed by atoms with van der Waals surface area (Å²) in [5.41, 5.74) is 1.56. The third-order valence-corrected chi connectivity index (χ3v) is 1.96. The van der Waals surface area contributed by atoms with Crippen molar-refractivity contribution in [2.24, 2.45) is 0 Å². The lowest BCUT2D eigenvalue weighted by Crippen LogP contribution is -2.10. The lowest BCUT2D eigenvalue weighted by atomic mass is 9.87. The number of methoxy groups -OCH3 is 1. The largest absolute Gasteiger partial charge is 0.497 e. The Morgan fingerprint density at radius 3 is 1.65 bits per heavy atom. The third kappa shape index (κ3) is 9.27. The molecule has 0 amide bonds. The van der Waals surface area contributed by atoms with E-state index in [1.807, 2.05) is 12.1 Å². The molecule has 0 heterocycles. The maximum Gasteiger partial charge on any atom is 0.317 e. The summed E-state index contributed by atoms with van der Waals surface area (Å²) >= 11 is 0. The van der Waals surface area contributed by atoms with E-state index in [2.05, 4.69) is 54.3 Å². The minimum Gasteiger partial charge on any atom is -0.497 e. The van der Waals surface area contributed by atoms with Gasteiger partial charge in [0.2, 0.25) is 0 Å². The summed E-state index contributed by atoms with van der Waals surface area (Å²) in [4.78, 5) is 0. The van der Waals surface area contributed by atoms with Crippen LogP contribution in [-0.2, 0) is 13.7 Å². The van der Waals surface area contributed by atoms with Gasteiger partial charge < -0.3 is 4.74 Å². The molecule has 0 N–H and O–H groups in total. The summed E-state index contributed by atoms with van der Waals surface area (Å²) in [5.74, 6) is 0.919. The van der Waals surface area contributed by atoms with Gasteiger partial charge in [-0.1, -0.05) is 32.9 Å². The van der Waals surface area contributed by atoms with Crippen LogP contribution in [0.15, 0.2) is 24.3 Å². The highest BCUT2D eigenvalue weighted by Gasteiger charge is 2.12. The average Bonchev–Trinajstić information content (AvgIpc) is 2.14. The van der Waals surface area contributed by atoms with Crippen molar-refractivity contribution in [3.05, 3.63) is 29.8 Å². The summed E-state index contributed by atoms with van der Waals surface area (Å²) in [6.45, 7) is 6.61. The molecule has 0 bridgehead atoms. The highest BCUT2D eigenvalue weighted by molar-refractivity contribution is 8.31. The zero-order valence-corrected chi connectivity index (χ0v) is 12.5. The smallest absolute Gasteiger partial charge is 0.317 e. The van der Waals surface area contributed by atoms with Gasteiger partial charge in [-0.2, -0.15) is 8.42 Å². The molecule has 6 heteroatoms. The van der Waals surface area contributed by atoms with Crippen LogP contribution < -0.4 is 4.74 Å². The van der Waals surface area contributed by atoms with E-state index in [1.54, 1.807) is 7.11 Å². The first-order valence-electron chi connectivity index (χ1n) is 4.83. The predicted octanol–water partition coefficient (Wildman–Crippen LogP) is 3.70. The molecule has 1 aromatic rings. The molecule has 0 atom stereocenters. The van der Waals surface area contributed by atoms with E-state index in [0.717, 1.165) is 5.75 Å². The molecule has 0 saturated heterocycles. The third-order valence-electron chi connectivity index (χ3n) is 1.96. The molecule has 0 aliphatic rings. The number of hydrogen-bond donors (Lipinski definition) is 0. The normalized spacial score (nSPS) is 11.4. The van der Waals surface area contributed by atoms with Gasteiger partial charge in [-0.3, -0.25) is 0 Å². The van der Waals surface area contributed by atoms with Crippen LogP contribution >= 0.6 is 21.4 Å². The van der Waals surface area contributed by atoms with Crippen molar-refractivity contribution in [2.45, 2.75) is 26.2 Å². The molecule has 3 nitrogen and oxygen atoms in total. The molecule has 0 aromatic heterocycles. The number of halogens is 2. The lowest BCUT2D eigenvalue weighted by molar-refractivity contribution is 0.414. The molecule has 1 aromatic carbocycles. The van der Waals surface area contributed by atoms with Crippen molar-refractivity contribution in [2.75, 3.05) is 7.11 Å². The minimum absolute atomic E-state index is 0.228. The Morgan fingerprint density at radius 2 is 1.41 bits per heavy atom. The second kappa shape index (κ2) is 6.47. The van der Waals surface area contributed by atoms with Gasteiger partial charge in [0, 0.05) is 21.4 Å². The van der Waals surface area contributed by atoms with E-state index in [0.29, 0.717) is 0 Å². The van der Waals surface area contributed by atoms with Crippen LogP contribution in [0.3, 0.4) is 0 Å². The van der Waals surface area contributed by atoms with Gasteiger partial charge in [-0.25, -0.2) is 0 Å². The minimum atomic E-state index is -3.72. The molecular formula is C11H16Cl2O3S. The first-order chi connectivity index (χ1) is 7.54. The lowest BCUT2D eigenvalue weighted by Gasteiger charge is -2.18. The molecule has 0 fully saturated rings. The van der Waals surface area contributed by atoms with Crippen LogP contribution in [0.4, 0.5) is 0 Å². The second-order valence-electron chi connectivity index (χ2n) is 4.36. The van der Waals surface area contributed by atoms with Gasteiger partial charge in [0.05, 0.1) is 7.11 Å². The predicted molar refractivity (Wildman–Crippen MR) is 72.3 cm³/mol. The zero-order valence-electron chi connectivity index (χ0n) is 10.2. The maximum absolute atomic E-state index is 9.16. The summed E-state index contributed by atoms with van der Waals surface area (Å²) < 4.78 is 23.4. The van der Waals surface area contributed by atoms with Gasteiger partial charge in [0.1, 0.15) is 5.75 Å². The SMILES string of the molecule is COc1ccc(C(C)(C)C)cc1.O=S(=O)(Cl)Cl. The highest BCUT2D eigenvalue weighted by atomic mass is 36.0. The molecular weight excluding hydrogens is 283 g/mol. The van der Waals surface area contributed by atoms with Crippen LogP contribution in [0.25, 0.3) is 0 Å². The fourth-order valence-electron chi connectivity index (χ4n) is 1.09. The summed E-state index contributed by atoms with van der Waals surface area (Å²) in [5, 5.41) is 0. The number of ether oxygens (including phenoxy) is 1. The van der Waals surface area contributed by atoms with Crippen LogP contribution in [0, 0.1) is 0 Å². The van der Waals surface area contributed by atoms with Crippen LogP contribution in [-0.4, -0.2) is 15.5 Å². The Labute approximate surface area is 112 Å². The second-order valence-corrected chi connectivity index (χ2v) is 8.03. The fraction of sp³-hybridized carbons (Fsp3) is 0.455. The molecule has 0 aliphatic carbocycles. The first-order valence-corrected chi connectivity index (χ1v) is 7.96. The van der Waals surface area contributed by atoms with Crippen molar-refractivity contribution in [1.29, 1.82) is 0 Å². The van der Waals surface area contributed by atoms with Crippen LogP contribution in [0.2, 0.25) is 0 Å². The number of benzene rings is 1. The van der Waals surface area contributed by atoms with Crippen LogP contribution in [0.5, 0.6) is 5.75 Å². The van der Waals surface area contributed by atoms with Crippen molar-refractivity contribution >= 4 is 29.6 Å². The van der Waals surface area contributed by atoms with Crippen molar-refractivity contribution in [1.82, 2.24) is 0 Å². The Morgan fingerprint density at radius 1 is 1.06 bits per heavy atom. The van der Waals surface area contributed by atoms with Crippen molar-refractivity contribution in [3.63, 3.8) is 0 Å². The Balaban J connectivity index is 0.000000437. The van der Waals surface area contributed by atoms with E-state index in [4.69, 9.17) is 13.2 Å². The molecule has 17 heavy (non-hydrogen) atoms. The molecule has 0 aliphatic heterocycles. The highest BCUT2D eigenvalue weighted by Crippen LogP contribution is 2.23. The van der Waals surface area contributed by atoms with Gasteiger partial charge in [-0.05, 0) is 23.1 Å². The van der Waals surface area contributed by atoms with E-state index >= 15 is 0 Å². The van der Waals surface area contributed by atoms with Crippen LogP contribution in [0.1, 0.15) is 26.3 Å². The standard InChI is InChI=1S/C11H16O.Cl2O2S/c1-11(2,3)9-5-7-10(12-4)8-6-9;1-5(2,3)4/h5-8H,1-4H3;. The molecule has 0 unspecified atom stereocenters. The Kier molecular flexibility index (Phi) is 6.30. The molecule has 0 spiro atoms. The quantitative estimate of drug-likeness (QED) is 0.743. The van der Waals surface area contributed by atoms with Gasteiger partial charge in [0.15, 0.2) is 0 Å². The van der Waals surface area contributed by atoms with E-state index in [9.17, 15) is 0 Å². The average molecular weight is 299 g/mol. The van der Waals surface area contributed by atoms with Gasteiger partial charge >= 0.3 is 8.26 Å². The van der Waals surface area contributed by atoms with Gasteiger partial charge in [0.25, 0.3) is 0 Å². The topological polar surface area (TPSA) is 43.4 Å². The summed E-state index contributed by atoms with van der Waals surface area (Å²) in [7, 11) is 6.50. The number of rotatable bonds is 1. The maximum atomic E-state index is 9.16. The summed E-state index contributed by atoms with van der Waals surface area (Å²) in [6.07, 6.45) is 0. The van der Waals surface area contributed by atoms with E-state index in [1.165, 1.54) is 5.56 Å². The van der Waals surface area contributed by atoms with E-state index < -0.39 is 8.26 Å². The monoisotopic (exact) mass is 298 g/mol. The molecule has 0 radical (unpaired) electrons. The molecule has 1 rings (SSSR count). The first kappa shape index (κ1) is 16.6. The van der Waals surface area contributed by atoms with Gasteiger partial charge in [-0.15, -0.1) is 0 Å². The Hall–Kier alpha value is -0.450. The fourth-order valence-corrected chi connectivity index (χ4v) is 1.09. The Bertz CT molecular complexity index is 425. The zero-order chi connectivity index (χ0) is 13.7. The molecule has 0 saturated carbocycles.